The minimum atomic E-state index is 0.598. The van der Waals surface area contributed by atoms with Gasteiger partial charge in [0.05, 0.1) is 0 Å². The number of benzene rings is 1. The fraction of sp³-hybridized carbons (Fsp3) is 0.286. The highest BCUT2D eigenvalue weighted by molar-refractivity contribution is 5.70. The largest absolute Gasteiger partial charge is 0.0801 e. The summed E-state index contributed by atoms with van der Waals surface area (Å²) in [4.78, 5) is 0. The summed E-state index contributed by atoms with van der Waals surface area (Å²) in [6, 6.07) is 6.57. The van der Waals surface area contributed by atoms with Crippen molar-refractivity contribution < 1.29 is 0 Å². The first-order valence-corrected chi connectivity index (χ1v) is 5.25. The summed E-state index contributed by atoms with van der Waals surface area (Å²) in [5, 5.41) is 0. The maximum absolute atomic E-state index is 2.25. The van der Waals surface area contributed by atoms with Crippen LogP contribution in [0.4, 0.5) is 0 Å². The zero-order valence-electron chi connectivity index (χ0n) is 8.83. The molecule has 0 amide bonds. The van der Waals surface area contributed by atoms with Crippen LogP contribution in [0, 0.1) is 0 Å². The van der Waals surface area contributed by atoms with Crippen molar-refractivity contribution in [3.05, 3.63) is 47.0 Å². The summed E-state index contributed by atoms with van der Waals surface area (Å²) in [5.41, 5.74) is 4.20. The highest BCUT2D eigenvalue weighted by Crippen LogP contribution is 2.26. The van der Waals surface area contributed by atoms with Crippen LogP contribution < -0.4 is 0 Å². The topological polar surface area (TPSA) is 0 Å². The Morgan fingerprint density at radius 1 is 1.07 bits per heavy atom. The number of hydrogen-bond acceptors (Lipinski definition) is 0. The van der Waals surface area contributed by atoms with Crippen molar-refractivity contribution in [3.8, 4) is 0 Å². The third kappa shape index (κ3) is 1.65. The lowest BCUT2D eigenvalue weighted by Crippen LogP contribution is -1.93. The second-order valence-corrected chi connectivity index (χ2v) is 4.05. The first kappa shape index (κ1) is 9.26. The number of allylic oxidation sites excluding steroid dienone is 2. The van der Waals surface area contributed by atoms with Gasteiger partial charge in [0.25, 0.3) is 0 Å². The number of rotatable bonds is 1. The van der Waals surface area contributed by atoms with Crippen molar-refractivity contribution in [2.75, 3.05) is 0 Å². The normalized spacial score (nSPS) is 14.2. The lowest BCUT2D eigenvalue weighted by molar-refractivity contribution is 0.863. The lowest BCUT2D eigenvalue weighted by Gasteiger charge is -2.11. The SMILES string of the molecule is CC(C)c1cccc2c1C=CCC=C2. The predicted molar refractivity (Wildman–Crippen MR) is 63.2 cm³/mol. The van der Waals surface area contributed by atoms with Gasteiger partial charge in [-0.05, 0) is 29.0 Å². The Bertz CT molecular complexity index is 381. The van der Waals surface area contributed by atoms with Crippen LogP contribution in [-0.4, -0.2) is 0 Å². The summed E-state index contributed by atoms with van der Waals surface area (Å²) < 4.78 is 0. The molecule has 0 atom stereocenters. The van der Waals surface area contributed by atoms with Gasteiger partial charge in [0.1, 0.15) is 0 Å². The first-order valence-electron chi connectivity index (χ1n) is 5.25. The third-order valence-corrected chi connectivity index (χ3v) is 2.65. The van der Waals surface area contributed by atoms with Crippen molar-refractivity contribution in [1.82, 2.24) is 0 Å². The van der Waals surface area contributed by atoms with Crippen molar-refractivity contribution in [3.63, 3.8) is 0 Å². The lowest BCUT2D eigenvalue weighted by atomic mass is 9.93. The van der Waals surface area contributed by atoms with E-state index in [0.717, 1.165) is 6.42 Å². The summed E-state index contributed by atoms with van der Waals surface area (Å²) in [6.07, 6.45) is 9.97. The Morgan fingerprint density at radius 3 is 2.64 bits per heavy atom. The molecule has 0 saturated carbocycles. The van der Waals surface area contributed by atoms with E-state index >= 15 is 0 Å². The molecule has 0 heterocycles. The van der Waals surface area contributed by atoms with Gasteiger partial charge in [0.2, 0.25) is 0 Å². The molecule has 0 fully saturated rings. The van der Waals surface area contributed by atoms with E-state index in [-0.39, 0.29) is 0 Å². The fourth-order valence-corrected chi connectivity index (χ4v) is 1.90. The van der Waals surface area contributed by atoms with Gasteiger partial charge in [-0.15, -0.1) is 0 Å². The van der Waals surface area contributed by atoms with Gasteiger partial charge in [-0.3, -0.25) is 0 Å². The average molecular weight is 184 g/mol. The van der Waals surface area contributed by atoms with Gasteiger partial charge in [0.15, 0.2) is 0 Å². The molecule has 0 bridgehead atoms. The molecule has 2 rings (SSSR count). The molecular formula is C14H16. The Labute approximate surface area is 86.0 Å². The van der Waals surface area contributed by atoms with E-state index in [4.69, 9.17) is 0 Å². The molecule has 0 N–H and O–H groups in total. The standard InChI is InChI=1S/C14H16/c1-11(2)13-10-6-8-12-7-4-3-5-9-14(12)13/h4-11H,3H2,1-2H3. The molecule has 1 aromatic carbocycles. The average Bonchev–Trinajstić information content (AvgIpc) is 2.41. The van der Waals surface area contributed by atoms with Crippen LogP contribution in [0.3, 0.4) is 0 Å². The number of hydrogen-bond donors (Lipinski definition) is 0. The summed E-state index contributed by atoms with van der Waals surface area (Å²) in [5.74, 6) is 0.598. The summed E-state index contributed by atoms with van der Waals surface area (Å²) in [6.45, 7) is 4.50. The summed E-state index contributed by atoms with van der Waals surface area (Å²) in [7, 11) is 0. The molecule has 0 aliphatic heterocycles. The van der Waals surface area contributed by atoms with Gasteiger partial charge in [0, 0.05) is 0 Å². The molecule has 1 aromatic rings. The van der Waals surface area contributed by atoms with Crippen molar-refractivity contribution in [1.29, 1.82) is 0 Å². The third-order valence-electron chi connectivity index (χ3n) is 2.65. The molecule has 0 spiro atoms. The molecule has 0 aromatic heterocycles. The molecule has 14 heavy (non-hydrogen) atoms. The molecular weight excluding hydrogens is 168 g/mol. The van der Waals surface area contributed by atoms with Crippen LogP contribution >= 0.6 is 0 Å². The minimum Gasteiger partial charge on any atom is -0.0801 e. The van der Waals surface area contributed by atoms with Gasteiger partial charge in [-0.1, -0.05) is 56.4 Å². The quantitative estimate of drug-likeness (QED) is 0.612. The van der Waals surface area contributed by atoms with Crippen LogP contribution in [0.25, 0.3) is 12.2 Å². The second-order valence-electron chi connectivity index (χ2n) is 4.05. The first-order chi connectivity index (χ1) is 6.79. The summed E-state index contributed by atoms with van der Waals surface area (Å²) >= 11 is 0. The number of fused-ring (bicyclic) bond motifs is 1. The van der Waals surface area contributed by atoms with Gasteiger partial charge in [-0.25, -0.2) is 0 Å². The molecule has 0 nitrogen and oxygen atoms in total. The van der Waals surface area contributed by atoms with Crippen LogP contribution in [0.5, 0.6) is 0 Å². The van der Waals surface area contributed by atoms with E-state index in [1.54, 1.807) is 0 Å². The molecule has 0 saturated heterocycles. The maximum atomic E-state index is 2.25. The molecule has 0 unspecified atom stereocenters. The molecule has 0 radical (unpaired) electrons. The van der Waals surface area contributed by atoms with Crippen molar-refractivity contribution >= 4 is 12.2 Å². The van der Waals surface area contributed by atoms with Crippen LogP contribution in [0.2, 0.25) is 0 Å². The van der Waals surface area contributed by atoms with E-state index in [9.17, 15) is 0 Å². The Hall–Kier alpha value is -1.30. The molecule has 1 aliphatic carbocycles. The molecule has 72 valence electrons. The molecule has 0 heteroatoms. The smallest absolute Gasteiger partial charge is 0.0152 e. The van der Waals surface area contributed by atoms with Crippen molar-refractivity contribution in [2.45, 2.75) is 26.2 Å². The van der Waals surface area contributed by atoms with E-state index in [1.165, 1.54) is 16.7 Å². The zero-order valence-corrected chi connectivity index (χ0v) is 8.83. The van der Waals surface area contributed by atoms with E-state index in [2.05, 4.69) is 56.4 Å². The highest BCUT2D eigenvalue weighted by atomic mass is 14.1. The van der Waals surface area contributed by atoms with Crippen LogP contribution in [-0.2, 0) is 0 Å². The van der Waals surface area contributed by atoms with Crippen molar-refractivity contribution in [2.24, 2.45) is 0 Å². The van der Waals surface area contributed by atoms with Gasteiger partial charge < -0.3 is 0 Å². The van der Waals surface area contributed by atoms with Gasteiger partial charge >= 0.3 is 0 Å². The van der Waals surface area contributed by atoms with Crippen LogP contribution in [0.15, 0.2) is 30.4 Å². The second kappa shape index (κ2) is 3.83. The highest BCUT2D eigenvalue weighted by Gasteiger charge is 2.07. The Kier molecular flexibility index (Phi) is 2.53. The van der Waals surface area contributed by atoms with E-state index < -0.39 is 0 Å². The maximum Gasteiger partial charge on any atom is -0.0152 e. The zero-order chi connectivity index (χ0) is 9.97. The predicted octanol–water partition coefficient (Wildman–Crippen LogP) is 4.24. The van der Waals surface area contributed by atoms with Gasteiger partial charge in [-0.2, -0.15) is 0 Å². The Morgan fingerprint density at radius 2 is 1.86 bits per heavy atom. The van der Waals surface area contributed by atoms with Crippen LogP contribution in [0.1, 0.15) is 42.9 Å². The molecule has 1 aliphatic rings. The minimum absolute atomic E-state index is 0.598. The van der Waals surface area contributed by atoms with E-state index in [0.29, 0.717) is 5.92 Å². The fourth-order valence-electron chi connectivity index (χ4n) is 1.90. The monoisotopic (exact) mass is 184 g/mol. The van der Waals surface area contributed by atoms with E-state index in [1.807, 2.05) is 0 Å². The Balaban J connectivity index is 2.60.